The van der Waals surface area contributed by atoms with Crippen molar-refractivity contribution >= 4 is 16.7 Å². The molecular weight excluding hydrogens is 324 g/mol. The summed E-state index contributed by atoms with van der Waals surface area (Å²) in [6, 6.07) is 20.3. The fourth-order valence-electron chi connectivity index (χ4n) is 3.21. The van der Waals surface area contributed by atoms with Crippen molar-refractivity contribution < 1.29 is 0 Å². The third-order valence-electron chi connectivity index (χ3n) is 4.69. The van der Waals surface area contributed by atoms with Gasteiger partial charge in [-0.15, -0.1) is 10.2 Å². The standard InChI is InChI=1S/C20H16N6/c1-13(15-7-8-17-18(11-15)22-12-21-17)20-24-23-19-10-9-16(25-26(19)20)14-5-3-2-4-6-14/h2-13H,1H3,(H,21,22). The van der Waals surface area contributed by atoms with Crippen molar-refractivity contribution in [1.82, 2.24) is 29.8 Å². The van der Waals surface area contributed by atoms with Gasteiger partial charge in [0.25, 0.3) is 0 Å². The molecule has 0 aliphatic rings. The molecule has 6 nitrogen and oxygen atoms in total. The van der Waals surface area contributed by atoms with E-state index in [2.05, 4.69) is 39.2 Å². The molecule has 6 heteroatoms. The average molecular weight is 340 g/mol. The molecule has 0 aliphatic heterocycles. The molecular formula is C20H16N6. The third-order valence-corrected chi connectivity index (χ3v) is 4.69. The SMILES string of the molecule is CC(c1ccc2nc[nH]c2c1)c1nnc2ccc(-c3ccccc3)nn12. The van der Waals surface area contributed by atoms with Gasteiger partial charge in [-0.1, -0.05) is 43.3 Å². The third kappa shape index (κ3) is 2.35. The summed E-state index contributed by atoms with van der Waals surface area (Å²) >= 11 is 0. The van der Waals surface area contributed by atoms with Crippen LogP contribution in [0, 0.1) is 0 Å². The van der Waals surface area contributed by atoms with E-state index in [0.29, 0.717) is 0 Å². The van der Waals surface area contributed by atoms with Gasteiger partial charge in [-0.05, 0) is 29.8 Å². The van der Waals surface area contributed by atoms with Crippen LogP contribution in [-0.4, -0.2) is 29.8 Å². The fraction of sp³-hybridized carbons (Fsp3) is 0.100. The summed E-state index contributed by atoms with van der Waals surface area (Å²) in [4.78, 5) is 7.43. The van der Waals surface area contributed by atoms with Crippen molar-refractivity contribution in [2.75, 3.05) is 0 Å². The second-order valence-electron chi connectivity index (χ2n) is 6.31. The Bertz CT molecular complexity index is 1200. The van der Waals surface area contributed by atoms with Crippen LogP contribution in [0.15, 0.2) is 67.0 Å². The Morgan fingerprint density at radius 2 is 1.85 bits per heavy atom. The highest BCUT2D eigenvalue weighted by Crippen LogP contribution is 2.26. The van der Waals surface area contributed by atoms with Gasteiger partial charge in [0.15, 0.2) is 11.5 Å². The van der Waals surface area contributed by atoms with Crippen LogP contribution in [0.3, 0.4) is 0 Å². The average Bonchev–Trinajstić information content (AvgIpc) is 3.33. The summed E-state index contributed by atoms with van der Waals surface area (Å²) in [6.07, 6.45) is 1.71. The highest BCUT2D eigenvalue weighted by atomic mass is 15.4. The van der Waals surface area contributed by atoms with E-state index in [9.17, 15) is 0 Å². The van der Waals surface area contributed by atoms with Crippen LogP contribution in [0.1, 0.15) is 24.2 Å². The Hall–Kier alpha value is -3.54. The summed E-state index contributed by atoms with van der Waals surface area (Å²) in [5.74, 6) is 0.868. The molecule has 1 N–H and O–H groups in total. The van der Waals surface area contributed by atoms with E-state index in [4.69, 9.17) is 5.10 Å². The molecule has 3 aromatic heterocycles. The molecule has 0 radical (unpaired) electrons. The van der Waals surface area contributed by atoms with E-state index in [1.165, 1.54) is 0 Å². The highest BCUT2D eigenvalue weighted by molar-refractivity contribution is 5.75. The van der Waals surface area contributed by atoms with E-state index < -0.39 is 0 Å². The zero-order chi connectivity index (χ0) is 17.5. The van der Waals surface area contributed by atoms with Gasteiger partial charge >= 0.3 is 0 Å². The minimum Gasteiger partial charge on any atom is -0.345 e. The maximum absolute atomic E-state index is 4.78. The Labute approximate surface area is 149 Å². The molecule has 0 amide bonds. The molecule has 3 heterocycles. The lowest BCUT2D eigenvalue weighted by molar-refractivity contribution is 0.753. The topological polar surface area (TPSA) is 71.8 Å². The van der Waals surface area contributed by atoms with E-state index in [1.807, 2.05) is 53.0 Å². The van der Waals surface area contributed by atoms with E-state index in [-0.39, 0.29) is 5.92 Å². The maximum atomic E-state index is 4.78. The van der Waals surface area contributed by atoms with Gasteiger partial charge in [-0.2, -0.15) is 9.61 Å². The number of fused-ring (bicyclic) bond motifs is 2. The number of rotatable bonds is 3. The van der Waals surface area contributed by atoms with Crippen LogP contribution in [0.25, 0.3) is 27.9 Å². The second kappa shape index (κ2) is 5.77. The largest absolute Gasteiger partial charge is 0.345 e. The maximum Gasteiger partial charge on any atom is 0.177 e. The van der Waals surface area contributed by atoms with Gasteiger partial charge in [0.1, 0.15) is 0 Å². The van der Waals surface area contributed by atoms with Gasteiger partial charge in [0.2, 0.25) is 0 Å². The van der Waals surface area contributed by atoms with Crippen LogP contribution < -0.4 is 0 Å². The Kier molecular flexibility index (Phi) is 3.28. The van der Waals surface area contributed by atoms with Gasteiger partial charge < -0.3 is 4.98 Å². The molecule has 5 aromatic rings. The molecule has 0 bridgehead atoms. The minimum atomic E-state index is 0.0521. The lowest BCUT2D eigenvalue weighted by atomic mass is 10.00. The van der Waals surface area contributed by atoms with Crippen LogP contribution in [0.2, 0.25) is 0 Å². The van der Waals surface area contributed by atoms with E-state index in [1.54, 1.807) is 6.33 Å². The number of hydrogen-bond donors (Lipinski definition) is 1. The summed E-state index contributed by atoms with van der Waals surface area (Å²) in [5, 5.41) is 13.5. The number of aromatic nitrogens is 6. The van der Waals surface area contributed by atoms with Gasteiger partial charge in [0, 0.05) is 11.5 Å². The molecule has 5 rings (SSSR count). The molecule has 0 fully saturated rings. The molecule has 26 heavy (non-hydrogen) atoms. The van der Waals surface area contributed by atoms with Crippen molar-refractivity contribution in [2.24, 2.45) is 0 Å². The summed E-state index contributed by atoms with van der Waals surface area (Å²) in [6.45, 7) is 2.12. The number of benzene rings is 2. The fourth-order valence-corrected chi connectivity index (χ4v) is 3.21. The van der Waals surface area contributed by atoms with Crippen molar-refractivity contribution in [3.8, 4) is 11.3 Å². The number of hydrogen-bond acceptors (Lipinski definition) is 4. The number of nitrogens with one attached hydrogen (secondary N) is 1. The van der Waals surface area contributed by atoms with Crippen LogP contribution in [0.5, 0.6) is 0 Å². The first-order valence-electron chi connectivity index (χ1n) is 8.50. The minimum absolute atomic E-state index is 0.0521. The summed E-state index contributed by atoms with van der Waals surface area (Å²) in [7, 11) is 0. The molecule has 0 aliphatic carbocycles. The Morgan fingerprint density at radius 3 is 2.73 bits per heavy atom. The Balaban J connectivity index is 1.61. The molecule has 2 aromatic carbocycles. The van der Waals surface area contributed by atoms with Gasteiger partial charge in [0.05, 0.1) is 23.1 Å². The van der Waals surface area contributed by atoms with Gasteiger partial charge in [-0.3, -0.25) is 0 Å². The summed E-state index contributed by atoms with van der Waals surface area (Å²) in [5.41, 5.74) is 5.82. The number of H-pyrrole nitrogens is 1. The lowest BCUT2D eigenvalue weighted by Gasteiger charge is -2.10. The van der Waals surface area contributed by atoms with Crippen molar-refractivity contribution in [2.45, 2.75) is 12.8 Å². The van der Waals surface area contributed by atoms with Crippen molar-refractivity contribution in [1.29, 1.82) is 0 Å². The highest BCUT2D eigenvalue weighted by Gasteiger charge is 2.18. The van der Waals surface area contributed by atoms with Gasteiger partial charge in [-0.25, -0.2) is 4.98 Å². The summed E-state index contributed by atoms with van der Waals surface area (Å²) < 4.78 is 1.84. The van der Waals surface area contributed by atoms with Crippen LogP contribution >= 0.6 is 0 Å². The number of imidazole rings is 1. The lowest BCUT2D eigenvalue weighted by Crippen LogP contribution is -2.05. The predicted octanol–water partition coefficient (Wildman–Crippen LogP) is 3.82. The van der Waals surface area contributed by atoms with E-state index >= 15 is 0 Å². The Morgan fingerprint density at radius 1 is 0.962 bits per heavy atom. The first-order chi connectivity index (χ1) is 12.8. The zero-order valence-electron chi connectivity index (χ0n) is 14.2. The zero-order valence-corrected chi connectivity index (χ0v) is 14.2. The monoisotopic (exact) mass is 340 g/mol. The quantitative estimate of drug-likeness (QED) is 0.542. The van der Waals surface area contributed by atoms with Crippen LogP contribution in [-0.2, 0) is 0 Å². The molecule has 0 saturated heterocycles. The van der Waals surface area contributed by atoms with E-state index in [0.717, 1.165) is 39.3 Å². The molecule has 0 spiro atoms. The number of nitrogens with zero attached hydrogens (tertiary/aromatic N) is 5. The predicted molar refractivity (Wildman–Crippen MR) is 99.8 cm³/mol. The smallest absolute Gasteiger partial charge is 0.177 e. The first kappa shape index (κ1) is 14.8. The molecule has 126 valence electrons. The molecule has 0 saturated carbocycles. The van der Waals surface area contributed by atoms with Crippen molar-refractivity contribution in [3.63, 3.8) is 0 Å². The molecule has 1 unspecified atom stereocenters. The second-order valence-corrected chi connectivity index (χ2v) is 6.31. The number of aromatic amines is 1. The van der Waals surface area contributed by atoms with Crippen molar-refractivity contribution in [3.05, 3.63) is 78.4 Å². The van der Waals surface area contributed by atoms with Crippen LogP contribution in [0.4, 0.5) is 0 Å². The first-order valence-corrected chi connectivity index (χ1v) is 8.50. The normalized spacial score (nSPS) is 12.7. The molecule has 1 atom stereocenters.